The number of phosphoric ester groups is 1. The van der Waals surface area contributed by atoms with Crippen LogP contribution in [0.3, 0.4) is 0 Å². The minimum atomic E-state index is -4.52. The van der Waals surface area contributed by atoms with Gasteiger partial charge in [0.2, 0.25) is 0 Å². The number of aliphatic hydroxyl groups is 2. The van der Waals surface area contributed by atoms with Crippen LogP contribution in [-0.2, 0) is 27.9 Å². The summed E-state index contributed by atoms with van der Waals surface area (Å²) in [6.07, 6.45) is 41.4. The van der Waals surface area contributed by atoms with Crippen molar-refractivity contribution >= 4 is 13.8 Å². The monoisotopic (exact) mass is 775 g/mol. The molecule has 0 aliphatic heterocycles. The molecule has 0 aliphatic rings. The maximum absolute atomic E-state index is 12.6. The average Bonchev–Trinajstić information content (AvgIpc) is 3.15. The topological polar surface area (TPSA) is 132 Å². The summed E-state index contributed by atoms with van der Waals surface area (Å²) >= 11 is 0. The number of unbranched alkanes of at least 4 members (excludes halogenated alkanes) is 24. The van der Waals surface area contributed by atoms with Crippen LogP contribution in [0.25, 0.3) is 0 Å². The molecule has 10 heteroatoms. The average molecular weight is 775 g/mol. The number of hydrogen-bond donors (Lipinski definition) is 3. The third-order valence-electron chi connectivity index (χ3n) is 9.37. The van der Waals surface area contributed by atoms with Crippen LogP contribution in [0, 0.1) is 0 Å². The number of carbonyl (C=O) groups excluding carboxylic acids is 1. The highest BCUT2D eigenvalue weighted by Crippen LogP contribution is 2.43. The van der Waals surface area contributed by atoms with Crippen LogP contribution in [0.1, 0.15) is 200 Å². The molecule has 314 valence electrons. The Balaban J connectivity index is 4.11. The van der Waals surface area contributed by atoms with Crippen molar-refractivity contribution < 1.29 is 43.0 Å². The minimum Gasteiger partial charge on any atom is -0.457 e. The van der Waals surface area contributed by atoms with E-state index in [4.69, 9.17) is 23.6 Å². The van der Waals surface area contributed by atoms with Crippen molar-refractivity contribution in [3.63, 3.8) is 0 Å². The number of phosphoric acid groups is 1. The van der Waals surface area contributed by atoms with Crippen LogP contribution in [0.4, 0.5) is 0 Å². The Morgan fingerprint density at radius 2 is 1.06 bits per heavy atom. The van der Waals surface area contributed by atoms with E-state index in [0.29, 0.717) is 13.0 Å². The lowest BCUT2D eigenvalue weighted by Crippen LogP contribution is -2.29. The van der Waals surface area contributed by atoms with Crippen molar-refractivity contribution in [1.82, 2.24) is 0 Å². The molecule has 9 nitrogen and oxygen atoms in total. The number of rotatable bonds is 42. The molecule has 0 aromatic carbocycles. The molecule has 0 saturated heterocycles. The van der Waals surface area contributed by atoms with Gasteiger partial charge in [0.25, 0.3) is 0 Å². The normalized spacial score (nSPS) is 14.3. The van der Waals surface area contributed by atoms with E-state index >= 15 is 0 Å². The Labute approximate surface area is 325 Å². The van der Waals surface area contributed by atoms with Crippen molar-refractivity contribution in [1.29, 1.82) is 0 Å². The molecule has 0 fully saturated rings. The van der Waals surface area contributed by atoms with Crippen molar-refractivity contribution in [3.8, 4) is 0 Å². The van der Waals surface area contributed by atoms with Gasteiger partial charge in [-0.05, 0) is 38.5 Å². The Kier molecular flexibility index (Phi) is 39.8. The van der Waals surface area contributed by atoms with Crippen LogP contribution in [0.15, 0.2) is 24.3 Å². The summed E-state index contributed by atoms with van der Waals surface area (Å²) in [6.45, 7) is 3.46. The molecule has 0 amide bonds. The summed E-state index contributed by atoms with van der Waals surface area (Å²) in [5, 5.41) is 18.3. The third kappa shape index (κ3) is 40.4. The van der Waals surface area contributed by atoms with Gasteiger partial charge in [-0.2, -0.15) is 0 Å². The first-order valence-electron chi connectivity index (χ1n) is 21.8. The van der Waals surface area contributed by atoms with Gasteiger partial charge in [0, 0.05) is 13.0 Å². The van der Waals surface area contributed by atoms with E-state index in [1.54, 1.807) is 0 Å². The largest absolute Gasteiger partial charge is 0.472 e. The predicted molar refractivity (Wildman–Crippen MR) is 219 cm³/mol. The molecule has 0 radical (unpaired) electrons. The van der Waals surface area contributed by atoms with Crippen molar-refractivity contribution in [2.24, 2.45) is 0 Å². The van der Waals surface area contributed by atoms with Crippen LogP contribution in [-0.4, -0.2) is 66.3 Å². The van der Waals surface area contributed by atoms with E-state index in [-0.39, 0.29) is 19.6 Å². The first-order valence-corrected chi connectivity index (χ1v) is 23.3. The number of esters is 1. The van der Waals surface area contributed by atoms with E-state index < -0.39 is 39.2 Å². The molecule has 0 spiro atoms. The summed E-state index contributed by atoms with van der Waals surface area (Å²) in [7, 11) is -4.52. The fraction of sp³-hybridized carbons (Fsp3) is 0.884. The minimum absolute atomic E-state index is 0.0476. The van der Waals surface area contributed by atoms with E-state index in [2.05, 4.69) is 38.2 Å². The summed E-state index contributed by atoms with van der Waals surface area (Å²) in [5.41, 5.74) is 0. The van der Waals surface area contributed by atoms with Gasteiger partial charge < -0.3 is 24.6 Å². The van der Waals surface area contributed by atoms with Crippen molar-refractivity contribution in [2.45, 2.75) is 212 Å². The second kappa shape index (κ2) is 40.6. The van der Waals surface area contributed by atoms with Gasteiger partial charge in [0.1, 0.15) is 12.2 Å². The maximum atomic E-state index is 12.6. The predicted octanol–water partition coefficient (Wildman–Crippen LogP) is 11.9. The molecule has 0 bridgehead atoms. The van der Waals surface area contributed by atoms with Crippen LogP contribution in [0.5, 0.6) is 0 Å². The lowest BCUT2D eigenvalue weighted by molar-refractivity contribution is -0.154. The van der Waals surface area contributed by atoms with Gasteiger partial charge in [0.15, 0.2) is 0 Å². The highest BCUT2D eigenvalue weighted by atomic mass is 31.2. The van der Waals surface area contributed by atoms with E-state index in [1.165, 1.54) is 116 Å². The molecule has 3 atom stereocenters. The standard InChI is InChI=1S/C43H83O9P/c1-3-5-7-9-11-13-15-17-18-19-20-21-22-24-26-28-30-32-34-36-49-39-42(40-51-53(47,48)50-38-41(45)37-44)52-43(46)35-33-31-29-27-25-23-16-14-12-10-8-6-4-2/h8,10,14,16,41-42,44-45H,3-7,9,11-13,15,17-40H2,1-2H3,(H,47,48)/b10-8-,16-14-. The number of aliphatic hydroxyl groups excluding tert-OH is 2. The number of carbonyl (C=O) groups is 1. The number of hydrogen-bond acceptors (Lipinski definition) is 8. The van der Waals surface area contributed by atoms with Crippen LogP contribution < -0.4 is 0 Å². The second-order valence-electron chi connectivity index (χ2n) is 14.7. The highest BCUT2D eigenvalue weighted by Gasteiger charge is 2.26. The summed E-state index contributed by atoms with van der Waals surface area (Å²) in [6, 6.07) is 0. The molecular formula is C43H83O9P. The Morgan fingerprint density at radius 3 is 1.58 bits per heavy atom. The molecule has 0 aromatic heterocycles. The van der Waals surface area contributed by atoms with Gasteiger partial charge in [0.05, 0.1) is 26.4 Å². The summed E-state index contributed by atoms with van der Waals surface area (Å²) in [4.78, 5) is 22.5. The molecular weight excluding hydrogens is 691 g/mol. The molecule has 3 N–H and O–H groups in total. The van der Waals surface area contributed by atoms with Crippen LogP contribution in [0.2, 0.25) is 0 Å². The first-order chi connectivity index (χ1) is 25.8. The van der Waals surface area contributed by atoms with Crippen LogP contribution >= 0.6 is 7.82 Å². The zero-order valence-electron chi connectivity index (χ0n) is 34.2. The Morgan fingerprint density at radius 1 is 0.585 bits per heavy atom. The lowest BCUT2D eigenvalue weighted by Gasteiger charge is -2.20. The first kappa shape index (κ1) is 51.9. The second-order valence-corrected chi connectivity index (χ2v) is 16.2. The molecule has 0 heterocycles. The van der Waals surface area contributed by atoms with Gasteiger partial charge in [-0.3, -0.25) is 13.8 Å². The Hall–Kier alpha value is -1.06. The van der Waals surface area contributed by atoms with E-state index in [9.17, 15) is 19.4 Å². The zero-order valence-corrected chi connectivity index (χ0v) is 35.1. The van der Waals surface area contributed by atoms with Crippen molar-refractivity contribution in [3.05, 3.63) is 24.3 Å². The Bertz CT molecular complexity index is 882. The van der Waals surface area contributed by atoms with Gasteiger partial charge in [-0.1, -0.05) is 179 Å². The molecule has 53 heavy (non-hydrogen) atoms. The number of ether oxygens (including phenoxy) is 2. The van der Waals surface area contributed by atoms with Gasteiger partial charge in [-0.25, -0.2) is 4.57 Å². The zero-order chi connectivity index (χ0) is 38.9. The molecule has 0 rings (SSSR count). The van der Waals surface area contributed by atoms with Gasteiger partial charge in [-0.15, -0.1) is 0 Å². The summed E-state index contributed by atoms with van der Waals surface area (Å²) in [5.74, 6) is -0.394. The molecule has 0 saturated carbocycles. The molecule has 3 unspecified atom stereocenters. The highest BCUT2D eigenvalue weighted by molar-refractivity contribution is 7.47. The molecule has 0 aromatic rings. The van der Waals surface area contributed by atoms with E-state index in [0.717, 1.165) is 57.8 Å². The third-order valence-corrected chi connectivity index (χ3v) is 10.3. The van der Waals surface area contributed by atoms with Crippen molar-refractivity contribution in [2.75, 3.05) is 33.0 Å². The van der Waals surface area contributed by atoms with Gasteiger partial charge >= 0.3 is 13.8 Å². The smallest absolute Gasteiger partial charge is 0.457 e. The SMILES string of the molecule is CCC/C=C\C/C=C\CCCCCCCC(=O)OC(COCCCCCCCCCCCCCCCCCCCCC)COP(=O)(O)OCC(O)CO. The maximum Gasteiger partial charge on any atom is 0.472 e. The fourth-order valence-corrected chi connectivity index (χ4v) is 6.83. The number of allylic oxidation sites excluding steroid dienone is 4. The quantitative estimate of drug-likeness (QED) is 0.0240. The summed E-state index contributed by atoms with van der Waals surface area (Å²) < 4.78 is 33.3. The fourth-order valence-electron chi connectivity index (χ4n) is 6.04. The van der Waals surface area contributed by atoms with E-state index in [1.807, 2.05) is 0 Å². The lowest BCUT2D eigenvalue weighted by atomic mass is 10.0. The molecule has 0 aliphatic carbocycles.